The van der Waals surface area contributed by atoms with E-state index in [-0.39, 0.29) is 23.8 Å². The van der Waals surface area contributed by atoms with Gasteiger partial charge in [0, 0.05) is 30.2 Å². The monoisotopic (exact) mass is 524 g/mol. The van der Waals surface area contributed by atoms with Gasteiger partial charge < -0.3 is 10.2 Å². The van der Waals surface area contributed by atoms with Crippen LogP contribution in [0.15, 0.2) is 48.5 Å². The second-order valence-corrected chi connectivity index (χ2v) is 10.3. The maximum absolute atomic E-state index is 13.4. The zero-order valence-corrected chi connectivity index (χ0v) is 21.4. The van der Waals surface area contributed by atoms with Crippen LogP contribution < -0.4 is 9.62 Å². The minimum absolute atomic E-state index is 0.0343. The molecule has 2 aromatic carbocycles. The average Bonchev–Trinajstić information content (AvgIpc) is 2.80. The minimum Gasteiger partial charge on any atom is -0.354 e. The van der Waals surface area contributed by atoms with Gasteiger partial charge in [-0.15, -0.1) is 0 Å². The smallest absolute Gasteiger partial charge is 0.271 e. The fourth-order valence-electron chi connectivity index (χ4n) is 3.30. The van der Waals surface area contributed by atoms with Crippen molar-refractivity contribution in [3.8, 4) is 0 Å². The summed E-state index contributed by atoms with van der Waals surface area (Å²) in [7, 11) is -4.00. The summed E-state index contributed by atoms with van der Waals surface area (Å²) < 4.78 is 25.9. The summed E-state index contributed by atoms with van der Waals surface area (Å²) in [4.78, 5) is 38.0. The zero-order valence-electron chi connectivity index (χ0n) is 19.8. The number of carbonyl (C=O) groups is 2. The standard InChI is InChI=1S/C23H29ClN4O6S/c1-4-5-13-25-23(30)17(2)26(15-18-9-6-7-12-21(18)24)22(29)16-27(35(3,33)34)19-10-8-11-20(14-19)28(31)32/h6-12,14,17H,4-5,13,15-16H2,1-3H3,(H,25,30)/t17-/m1/s1. The van der Waals surface area contributed by atoms with Crippen molar-refractivity contribution in [2.45, 2.75) is 39.3 Å². The van der Waals surface area contributed by atoms with E-state index in [0.29, 0.717) is 17.1 Å². The highest BCUT2D eigenvalue weighted by molar-refractivity contribution is 7.92. The summed E-state index contributed by atoms with van der Waals surface area (Å²) >= 11 is 6.27. The number of hydrogen-bond donors (Lipinski definition) is 1. The first-order valence-electron chi connectivity index (χ1n) is 11.0. The molecule has 0 saturated carbocycles. The second-order valence-electron chi connectivity index (χ2n) is 7.98. The molecule has 1 N–H and O–H groups in total. The Morgan fingerprint density at radius 1 is 1.17 bits per heavy atom. The molecular weight excluding hydrogens is 496 g/mol. The van der Waals surface area contributed by atoms with E-state index >= 15 is 0 Å². The van der Waals surface area contributed by atoms with Crippen molar-refractivity contribution < 1.29 is 22.9 Å². The van der Waals surface area contributed by atoms with Gasteiger partial charge in [-0.05, 0) is 31.0 Å². The predicted octanol–water partition coefficient (Wildman–Crippen LogP) is 3.35. The predicted molar refractivity (Wildman–Crippen MR) is 135 cm³/mol. The molecule has 0 fully saturated rings. The van der Waals surface area contributed by atoms with Crippen LogP contribution in [0.2, 0.25) is 5.02 Å². The number of rotatable bonds is 12. The Morgan fingerprint density at radius 2 is 1.86 bits per heavy atom. The molecule has 1 atom stereocenters. The average molecular weight is 525 g/mol. The largest absolute Gasteiger partial charge is 0.354 e. The van der Waals surface area contributed by atoms with Crippen molar-refractivity contribution in [3.63, 3.8) is 0 Å². The van der Waals surface area contributed by atoms with Crippen LogP contribution in [0.3, 0.4) is 0 Å². The van der Waals surface area contributed by atoms with E-state index in [2.05, 4.69) is 5.32 Å². The minimum atomic E-state index is -4.00. The van der Waals surface area contributed by atoms with Gasteiger partial charge in [-0.25, -0.2) is 8.42 Å². The first-order chi connectivity index (χ1) is 16.5. The van der Waals surface area contributed by atoms with Crippen LogP contribution in [-0.4, -0.2) is 55.4 Å². The summed E-state index contributed by atoms with van der Waals surface area (Å²) in [5.41, 5.74) is 0.227. The van der Waals surface area contributed by atoms with E-state index in [0.717, 1.165) is 29.5 Å². The van der Waals surface area contributed by atoms with Crippen LogP contribution in [0, 0.1) is 10.1 Å². The molecule has 10 nitrogen and oxygen atoms in total. The molecule has 0 aromatic heterocycles. The lowest BCUT2D eigenvalue weighted by Gasteiger charge is -2.31. The fourth-order valence-corrected chi connectivity index (χ4v) is 4.34. The number of nitrogens with zero attached hydrogens (tertiary/aromatic N) is 3. The number of non-ortho nitro benzene ring substituents is 1. The number of nitro benzene ring substituents is 1. The van der Waals surface area contributed by atoms with E-state index in [4.69, 9.17) is 11.6 Å². The number of halogens is 1. The Bertz CT molecular complexity index is 1170. The van der Waals surface area contributed by atoms with Crippen molar-refractivity contribution in [1.82, 2.24) is 10.2 Å². The number of nitro groups is 1. The number of anilines is 1. The zero-order chi connectivity index (χ0) is 26.2. The molecule has 0 bridgehead atoms. The van der Waals surface area contributed by atoms with Gasteiger partial charge in [0.1, 0.15) is 12.6 Å². The van der Waals surface area contributed by atoms with Gasteiger partial charge in [0.05, 0.1) is 16.9 Å². The normalized spacial score (nSPS) is 12.0. The number of amides is 2. The molecule has 0 saturated heterocycles. The van der Waals surface area contributed by atoms with Crippen LogP contribution in [0.5, 0.6) is 0 Å². The fraction of sp³-hybridized carbons (Fsp3) is 0.391. The Balaban J connectivity index is 2.40. The van der Waals surface area contributed by atoms with Gasteiger partial charge in [0.2, 0.25) is 21.8 Å². The van der Waals surface area contributed by atoms with Gasteiger partial charge >= 0.3 is 0 Å². The van der Waals surface area contributed by atoms with Gasteiger partial charge in [-0.1, -0.05) is 49.2 Å². The maximum atomic E-state index is 13.4. The summed E-state index contributed by atoms with van der Waals surface area (Å²) in [6.45, 7) is 3.28. The number of carbonyl (C=O) groups excluding carboxylic acids is 2. The molecule has 190 valence electrons. The molecule has 35 heavy (non-hydrogen) atoms. The third-order valence-electron chi connectivity index (χ3n) is 5.30. The summed E-state index contributed by atoms with van der Waals surface area (Å²) in [5, 5.41) is 14.3. The molecule has 0 spiro atoms. The quantitative estimate of drug-likeness (QED) is 0.257. The number of hydrogen-bond acceptors (Lipinski definition) is 6. The molecule has 0 radical (unpaired) electrons. The molecule has 12 heteroatoms. The second kappa shape index (κ2) is 12.5. The molecule has 0 unspecified atom stereocenters. The number of sulfonamides is 1. The highest BCUT2D eigenvalue weighted by Gasteiger charge is 2.30. The number of nitrogens with one attached hydrogen (secondary N) is 1. The van der Waals surface area contributed by atoms with Crippen molar-refractivity contribution >= 4 is 44.8 Å². The topological polar surface area (TPSA) is 130 Å². The highest BCUT2D eigenvalue weighted by Crippen LogP contribution is 2.24. The van der Waals surface area contributed by atoms with E-state index in [1.165, 1.54) is 23.1 Å². The van der Waals surface area contributed by atoms with Crippen molar-refractivity contribution in [2.24, 2.45) is 0 Å². The number of benzene rings is 2. The molecular formula is C23H29ClN4O6S. The third kappa shape index (κ3) is 7.93. The van der Waals surface area contributed by atoms with Crippen LogP contribution in [0.25, 0.3) is 0 Å². The van der Waals surface area contributed by atoms with Gasteiger partial charge in [-0.2, -0.15) is 0 Å². The van der Waals surface area contributed by atoms with E-state index < -0.39 is 33.4 Å². The van der Waals surface area contributed by atoms with Crippen LogP contribution >= 0.6 is 11.6 Å². The molecule has 0 aliphatic rings. The van der Waals surface area contributed by atoms with E-state index in [1.54, 1.807) is 31.2 Å². The van der Waals surface area contributed by atoms with Crippen molar-refractivity contribution in [1.29, 1.82) is 0 Å². The lowest BCUT2D eigenvalue weighted by atomic mass is 10.1. The Morgan fingerprint density at radius 3 is 2.46 bits per heavy atom. The Kier molecular flexibility index (Phi) is 10.0. The van der Waals surface area contributed by atoms with Crippen molar-refractivity contribution in [2.75, 3.05) is 23.7 Å². The maximum Gasteiger partial charge on any atom is 0.271 e. The number of unbranched alkanes of at least 4 members (excludes halogenated alkanes) is 1. The molecule has 0 aliphatic heterocycles. The first kappa shape index (κ1) is 28.1. The van der Waals surface area contributed by atoms with Crippen LogP contribution in [0.1, 0.15) is 32.3 Å². The van der Waals surface area contributed by atoms with Crippen LogP contribution in [-0.2, 0) is 26.2 Å². The van der Waals surface area contributed by atoms with E-state index in [1.807, 2.05) is 6.92 Å². The van der Waals surface area contributed by atoms with Crippen molar-refractivity contribution in [3.05, 3.63) is 69.2 Å². The summed E-state index contributed by atoms with van der Waals surface area (Å²) in [6, 6.07) is 10.9. The van der Waals surface area contributed by atoms with Gasteiger partial charge in [0.25, 0.3) is 5.69 Å². The van der Waals surface area contributed by atoms with Crippen LogP contribution in [0.4, 0.5) is 11.4 Å². The Labute approximate surface area is 210 Å². The highest BCUT2D eigenvalue weighted by atomic mass is 35.5. The first-order valence-corrected chi connectivity index (χ1v) is 13.2. The Hall–Kier alpha value is -3.18. The third-order valence-corrected chi connectivity index (χ3v) is 6.81. The molecule has 2 amide bonds. The van der Waals surface area contributed by atoms with Gasteiger partial charge in [0.15, 0.2) is 0 Å². The molecule has 0 heterocycles. The summed E-state index contributed by atoms with van der Waals surface area (Å²) in [5.74, 6) is -1.06. The van der Waals surface area contributed by atoms with E-state index in [9.17, 15) is 28.1 Å². The lowest BCUT2D eigenvalue weighted by molar-refractivity contribution is -0.384. The molecule has 2 rings (SSSR count). The molecule has 0 aliphatic carbocycles. The SMILES string of the molecule is CCCCNC(=O)[C@@H](C)N(Cc1ccccc1Cl)C(=O)CN(c1cccc([N+](=O)[O-])c1)S(C)(=O)=O. The molecule has 2 aromatic rings. The lowest BCUT2D eigenvalue weighted by Crippen LogP contribution is -2.51. The summed E-state index contributed by atoms with van der Waals surface area (Å²) in [6.07, 6.45) is 2.55. The van der Waals surface area contributed by atoms with Gasteiger partial charge in [-0.3, -0.25) is 24.0 Å².